The summed E-state index contributed by atoms with van der Waals surface area (Å²) in [5.74, 6) is -0.00540. The monoisotopic (exact) mass is 474 g/mol. The van der Waals surface area contributed by atoms with E-state index >= 15 is 0 Å². The minimum Gasteiger partial charge on any atom is -0.302 e. The third-order valence-corrected chi connectivity index (χ3v) is 7.58. The van der Waals surface area contributed by atoms with Crippen molar-refractivity contribution in [2.45, 2.75) is 27.7 Å². The Morgan fingerprint density at radius 3 is 2.57 bits per heavy atom. The van der Waals surface area contributed by atoms with Crippen molar-refractivity contribution in [2.75, 3.05) is 17.7 Å². The molecule has 154 valence electrons. The molecule has 0 spiro atoms. The van der Waals surface area contributed by atoms with E-state index in [-0.39, 0.29) is 18.5 Å². The Morgan fingerprint density at radius 1 is 1.03 bits per heavy atom. The van der Waals surface area contributed by atoms with Crippen LogP contribution in [0.5, 0.6) is 0 Å². The number of halogens is 2. The topological polar surface area (TPSA) is 32.3 Å². The molecule has 3 nitrogen and oxygen atoms in total. The average Bonchev–Trinajstić information content (AvgIpc) is 2.77. The van der Waals surface area contributed by atoms with Crippen molar-refractivity contribution in [3.8, 4) is 0 Å². The van der Waals surface area contributed by atoms with Gasteiger partial charge in [-0.15, -0.1) is 11.8 Å². The number of benzene rings is 3. The Bertz CT molecular complexity index is 1110. The summed E-state index contributed by atoms with van der Waals surface area (Å²) in [5, 5.41) is 4.36. The first-order chi connectivity index (χ1) is 14.5. The maximum atomic E-state index is 13.4. The molecule has 0 saturated heterocycles. The van der Waals surface area contributed by atoms with Gasteiger partial charge in [-0.3, -0.25) is 9.69 Å². The Hall–Kier alpha value is -1.63. The summed E-state index contributed by atoms with van der Waals surface area (Å²) in [4.78, 5) is 18.5. The van der Waals surface area contributed by atoms with Gasteiger partial charge in [0.05, 0.1) is 28.0 Å². The van der Waals surface area contributed by atoms with E-state index in [4.69, 9.17) is 23.2 Å². The fourth-order valence-corrected chi connectivity index (χ4v) is 5.13. The van der Waals surface area contributed by atoms with Crippen LogP contribution in [-0.2, 0) is 4.79 Å². The summed E-state index contributed by atoms with van der Waals surface area (Å²) in [6, 6.07) is 19.8. The predicted molar refractivity (Wildman–Crippen MR) is 129 cm³/mol. The van der Waals surface area contributed by atoms with Gasteiger partial charge in [-0.1, -0.05) is 53.2 Å². The number of rotatable bonds is 5. The minimum atomic E-state index is -0.0462. The first kappa shape index (κ1) is 21.6. The molecule has 1 N–H and O–H groups in total. The largest absolute Gasteiger partial charge is 0.302 e. The number of nitrogens with zero attached hydrogens (tertiary/aromatic N) is 1. The zero-order chi connectivity index (χ0) is 21.3. The molecule has 7 heteroatoms. The molecule has 0 aromatic heterocycles. The van der Waals surface area contributed by atoms with E-state index in [1.54, 1.807) is 29.6 Å². The number of thioether (sulfide) groups is 1. The lowest BCUT2D eigenvalue weighted by atomic mass is 10.1. The summed E-state index contributed by atoms with van der Waals surface area (Å²) in [6.45, 7) is 2.20. The molecule has 3 aromatic rings. The molecule has 1 aliphatic heterocycles. The van der Waals surface area contributed by atoms with Gasteiger partial charge in [-0.05, 0) is 61.2 Å². The fraction of sp³-hybridized carbons (Fsp3) is 0.174. The van der Waals surface area contributed by atoms with Crippen molar-refractivity contribution < 1.29 is 4.79 Å². The Balaban J connectivity index is 1.59. The summed E-state index contributed by atoms with van der Waals surface area (Å²) in [5.41, 5.74) is 2.83. The second-order valence-corrected chi connectivity index (χ2v) is 9.69. The smallest absolute Gasteiger partial charge is 0.245 e. The van der Waals surface area contributed by atoms with Crippen molar-refractivity contribution >= 4 is 64.0 Å². The summed E-state index contributed by atoms with van der Waals surface area (Å²) >= 11 is 15.5. The lowest BCUT2D eigenvalue weighted by molar-refractivity contribution is -0.117. The molecule has 1 aliphatic rings. The van der Waals surface area contributed by atoms with E-state index in [1.165, 1.54) is 0 Å². The molecule has 0 bridgehead atoms. The molecule has 1 heterocycles. The van der Waals surface area contributed by atoms with Gasteiger partial charge < -0.3 is 5.32 Å². The van der Waals surface area contributed by atoms with Crippen LogP contribution in [0.15, 0.2) is 75.4 Å². The van der Waals surface area contributed by atoms with Crippen LogP contribution >= 0.6 is 46.7 Å². The molecule has 30 heavy (non-hydrogen) atoms. The van der Waals surface area contributed by atoms with Gasteiger partial charge in [0.15, 0.2) is 0 Å². The quantitative estimate of drug-likeness (QED) is 0.396. The highest BCUT2D eigenvalue weighted by atomic mass is 35.5. The average molecular weight is 475 g/mol. The zero-order valence-corrected chi connectivity index (χ0v) is 19.6. The lowest BCUT2D eigenvalue weighted by Gasteiger charge is -2.32. The molecule has 0 radical (unpaired) electrons. The molecule has 1 atom stereocenters. The SMILES string of the molecule is CSc1ccc2c(c1)N(C(=O)CN[C@@H](C)c1ccc(Cl)c(Cl)c1)c1ccccc1S2. The molecule has 1 amide bonds. The van der Waals surface area contributed by atoms with Crippen LogP contribution in [0.3, 0.4) is 0 Å². The van der Waals surface area contributed by atoms with Crippen LogP contribution in [0.2, 0.25) is 10.0 Å². The predicted octanol–water partition coefficient (Wildman–Crippen LogP) is 7.20. The number of nitrogens with one attached hydrogen (secondary N) is 1. The van der Waals surface area contributed by atoms with Crippen LogP contribution in [0, 0.1) is 0 Å². The van der Waals surface area contributed by atoms with Gasteiger partial charge in [0.25, 0.3) is 0 Å². The second kappa shape index (κ2) is 9.25. The normalized spacial score (nSPS) is 13.5. The maximum absolute atomic E-state index is 13.4. The minimum absolute atomic E-state index is 0.00540. The summed E-state index contributed by atoms with van der Waals surface area (Å²) in [6.07, 6.45) is 2.04. The maximum Gasteiger partial charge on any atom is 0.245 e. The second-order valence-electron chi connectivity index (χ2n) is 6.91. The first-order valence-corrected chi connectivity index (χ1v) is 12.2. The van der Waals surface area contributed by atoms with Gasteiger partial charge >= 0.3 is 0 Å². The molecule has 0 fully saturated rings. The van der Waals surface area contributed by atoms with Crippen molar-refractivity contribution in [2.24, 2.45) is 0 Å². The molecule has 0 aliphatic carbocycles. The van der Waals surface area contributed by atoms with E-state index in [0.29, 0.717) is 10.0 Å². The third-order valence-electron chi connectivity index (χ3n) is 4.99. The molecule has 3 aromatic carbocycles. The Morgan fingerprint density at radius 2 is 1.80 bits per heavy atom. The standard InChI is InChI=1S/C23H20Cl2N2OS2/c1-14(15-7-9-17(24)18(25)11-15)26-13-23(28)27-19-5-3-4-6-21(19)30-22-10-8-16(29-2)12-20(22)27/h3-12,14,26H,13H2,1-2H3/t14-/m0/s1. The highest BCUT2D eigenvalue weighted by Crippen LogP contribution is 2.48. The van der Waals surface area contributed by atoms with E-state index in [9.17, 15) is 4.79 Å². The molecule has 0 unspecified atom stereocenters. The van der Waals surface area contributed by atoms with E-state index < -0.39 is 0 Å². The Kier molecular flexibility index (Phi) is 6.66. The number of carbonyl (C=O) groups is 1. The number of carbonyl (C=O) groups excluding carboxylic acids is 1. The fourth-order valence-electron chi connectivity index (χ4n) is 3.35. The van der Waals surface area contributed by atoms with E-state index in [0.717, 1.165) is 31.6 Å². The molecular formula is C23H20Cl2N2OS2. The number of hydrogen-bond donors (Lipinski definition) is 1. The van der Waals surface area contributed by atoms with Crippen molar-refractivity contribution in [3.63, 3.8) is 0 Å². The summed E-state index contributed by atoms with van der Waals surface area (Å²) < 4.78 is 0. The van der Waals surface area contributed by atoms with Gasteiger partial charge in [-0.2, -0.15) is 0 Å². The lowest BCUT2D eigenvalue weighted by Crippen LogP contribution is -2.37. The van der Waals surface area contributed by atoms with Crippen LogP contribution in [0.25, 0.3) is 0 Å². The first-order valence-electron chi connectivity index (χ1n) is 9.44. The number of para-hydroxylation sites is 1. The van der Waals surface area contributed by atoms with Crippen LogP contribution in [-0.4, -0.2) is 18.7 Å². The highest BCUT2D eigenvalue weighted by Gasteiger charge is 2.28. The highest BCUT2D eigenvalue weighted by molar-refractivity contribution is 8.00. The zero-order valence-electron chi connectivity index (χ0n) is 16.5. The third kappa shape index (κ3) is 4.36. The Labute approximate surface area is 195 Å². The van der Waals surface area contributed by atoms with Crippen molar-refractivity contribution in [1.29, 1.82) is 0 Å². The van der Waals surface area contributed by atoms with Gasteiger partial charge in [0.1, 0.15) is 0 Å². The summed E-state index contributed by atoms with van der Waals surface area (Å²) in [7, 11) is 0. The van der Waals surface area contributed by atoms with Gasteiger partial charge in [0, 0.05) is 20.7 Å². The van der Waals surface area contributed by atoms with Gasteiger partial charge in [0.2, 0.25) is 5.91 Å². The van der Waals surface area contributed by atoms with Gasteiger partial charge in [-0.25, -0.2) is 0 Å². The van der Waals surface area contributed by atoms with Crippen molar-refractivity contribution in [3.05, 3.63) is 76.3 Å². The van der Waals surface area contributed by atoms with Crippen LogP contribution in [0.4, 0.5) is 11.4 Å². The van der Waals surface area contributed by atoms with Crippen LogP contribution in [0.1, 0.15) is 18.5 Å². The van der Waals surface area contributed by atoms with Crippen molar-refractivity contribution in [1.82, 2.24) is 5.32 Å². The van der Waals surface area contributed by atoms with Crippen LogP contribution < -0.4 is 10.2 Å². The molecular weight excluding hydrogens is 455 g/mol. The van der Waals surface area contributed by atoms with E-state index in [1.807, 2.05) is 48.4 Å². The molecule has 0 saturated carbocycles. The number of hydrogen-bond acceptors (Lipinski definition) is 4. The molecule has 4 rings (SSSR count). The number of fused-ring (bicyclic) bond motifs is 2. The van der Waals surface area contributed by atoms with E-state index in [2.05, 4.69) is 29.6 Å². The number of anilines is 2. The number of amides is 1.